The molecule has 5 rings (SSSR count). The van der Waals surface area contributed by atoms with E-state index in [4.69, 9.17) is 4.98 Å². The molecule has 0 atom stereocenters. The van der Waals surface area contributed by atoms with E-state index in [1.54, 1.807) is 13.1 Å². The van der Waals surface area contributed by atoms with Gasteiger partial charge in [-0.25, -0.2) is 4.98 Å². The second-order valence-corrected chi connectivity index (χ2v) is 7.58. The van der Waals surface area contributed by atoms with E-state index >= 15 is 0 Å². The smallest absolute Gasteiger partial charge is 0.251 e. The van der Waals surface area contributed by atoms with Crippen molar-refractivity contribution in [3.63, 3.8) is 0 Å². The first-order valence-electron chi connectivity index (χ1n) is 10.2. The highest BCUT2D eigenvalue weighted by Gasteiger charge is 2.16. The number of H-pyrrole nitrogens is 2. The normalized spacial score (nSPS) is 14.4. The van der Waals surface area contributed by atoms with Crippen LogP contribution >= 0.6 is 0 Å². The van der Waals surface area contributed by atoms with Crippen molar-refractivity contribution in [1.29, 1.82) is 0 Å². The van der Waals surface area contributed by atoms with Crippen molar-refractivity contribution in [3.05, 3.63) is 53.9 Å². The zero-order valence-electron chi connectivity index (χ0n) is 16.8. The molecule has 0 radical (unpaired) electrons. The van der Waals surface area contributed by atoms with Crippen LogP contribution < -0.4 is 5.32 Å². The molecule has 1 fully saturated rings. The van der Waals surface area contributed by atoms with E-state index < -0.39 is 0 Å². The van der Waals surface area contributed by atoms with Crippen molar-refractivity contribution in [3.8, 4) is 22.6 Å². The molecule has 8 heteroatoms. The molecule has 1 amide bonds. The summed E-state index contributed by atoms with van der Waals surface area (Å²) in [6, 6.07) is 13.5. The van der Waals surface area contributed by atoms with Crippen LogP contribution in [0, 0.1) is 0 Å². The number of aromatic nitrogens is 5. The van der Waals surface area contributed by atoms with Crippen molar-refractivity contribution in [2.24, 2.45) is 0 Å². The van der Waals surface area contributed by atoms with Crippen LogP contribution in [0.3, 0.4) is 0 Å². The number of amides is 1. The first-order valence-corrected chi connectivity index (χ1v) is 10.2. The van der Waals surface area contributed by atoms with E-state index in [0.29, 0.717) is 11.4 Å². The number of benzene rings is 2. The maximum absolute atomic E-state index is 12.0. The SMILES string of the molecule is CNC(=O)c1cccc(-c2n[nH]c3ccc(-c4n[nH]c(CN5CCCC5)n4)cc23)c1. The van der Waals surface area contributed by atoms with E-state index in [1.807, 2.05) is 36.4 Å². The molecule has 1 aliphatic rings. The minimum Gasteiger partial charge on any atom is -0.355 e. The Kier molecular flexibility index (Phi) is 4.76. The molecule has 3 heterocycles. The number of nitrogens with one attached hydrogen (secondary N) is 3. The molecule has 3 N–H and O–H groups in total. The van der Waals surface area contributed by atoms with Gasteiger partial charge >= 0.3 is 0 Å². The predicted molar refractivity (Wildman–Crippen MR) is 115 cm³/mol. The Bertz CT molecular complexity index is 1200. The fourth-order valence-electron chi connectivity index (χ4n) is 3.97. The number of carbonyl (C=O) groups excluding carboxylic acids is 1. The molecule has 8 nitrogen and oxygen atoms in total. The lowest BCUT2D eigenvalue weighted by Gasteiger charge is -2.11. The summed E-state index contributed by atoms with van der Waals surface area (Å²) in [5.41, 5.74) is 4.13. The highest BCUT2D eigenvalue weighted by atomic mass is 16.1. The number of rotatable bonds is 5. The van der Waals surface area contributed by atoms with Crippen LogP contribution in [0.2, 0.25) is 0 Å². The van der Waals surface area contributed by atoms with Gasteiger partial charge in [0.15, 0.2) is 5.82 Å². The zero-order valence-corrected chi connectivity index (χ0v) is 16.8. The Labute approximate surface area is 173 Å². The van der Waals surface area contributed by atoms with Crippen LogP contribution in [0.25, 0.3) is 33.5 Å². The average molecular weight is 401 g/mol. The van der Waals surface area contributed by atoms with Crippen molar-refractivity contribution < 1.29 is 4.79 Å². The number of likely N-dealkylation sites (tertiary alicyclic amines) is 1. The van der Waals surface area contributed by atoms with Crippen molar-refractivity contribution in [2.75, 3.05) is 20.1 Å². The topological polar surface area (TPSA) is 103 Å². The summed E-state index contributed by atoms with van der Waals surface area (Å²) in [7, 11) is 1.63. The molecule has 2 aromatic carbocycles. The number of hydrogen-bond acceptors (Lipinski definition) is 5. The third kappa shape index (κ3) is 3.46. The molecule has 1 saturated heterocycles. The Hall–Kier alpha value is -3.52. The third-order valence-corrected chi connectivity index (χ3v) is 5.55. The fraction of sp³-hybridized carbons (Fsp3) is 0.273. The molecule has 0 bridgehead atoms. The molecule has 0 unspecified atom stereocenters. The van der Waals surface area contributed by atoms with Crippen LogP contribution in [0.15, 0.2) is 42.5 Å². The van der Waals surface area contributed by atoms with Crippen molar-refractivity contribution in [2.45, 2.75) is 19.4 Å². The molecule has 4 aromatic rings. The molecule has 0 saturated carbocycles. The summed E-state index contributed by atoms with van der Waals surface area (Å²) in [6.45, 7) is 3.05. The number of nitrogens with zero attached hydrogens (tertiary/aromatic N) is 4. The van der Waals surface area contributed by atoms with Gasteiger partial charge in [-0.3, -0.25) is 19.9 Å². The van der Waals surface area contributed by atoms with Gasteiger partial charge in [0.05, 0.1) is 17.8 Å². The monoisotopic (exact) mass is 401 g/mol. The Morgan fingerprint density at radius 3 is 2.77 bits per heavy atom. The van der Waals surface area contributed by atoms with E-state index in [-0.39, 0.29) is 5.91 Å². The van der Waals surface area contributed by atoms with Gasteiger partial charge < -0.3 is 5.32 Å². The van der Waals surface area contributed by atoms with Crippen molar-refractivity contribution in [1.82, 2.24) is 35.6 Å². The summed E-state index contributed by atoms with van der Waals surface area (Å²) < 4.78 is 0. The minimum atomic E-state index is -0.122. The molecule has 0 aliphatic carbocycles. The van der Waals surface area contributed by atoms with E-state index in [1.165, 1.54) is 12.8 Å². The predicted octanol–water partition coefficient (Wildman–Crippen LogP) is 2.97. The second-order valence-electron chi connectivity index (χ2n) is 7.58. The summed E-state index contributed by atoms with van der Waals surface area (Å²) in [4.78, 5) is 19.1. The van der Waals surface area contributed by atoms with Crippen LogP contribution in [-0.4, -0.2) is 56.3 Å². The maximum Gasteiger partial charge on any atom is 0.251 e. The van der Waals surface area contributed by atoms with E-state index in [2.05, 4.69) is 30.6 Å². The number of fused-ring (bicyclic) bond motifs is 1. The zero-order chi connectivity index (χ0) is 20.5. The molecular formula is C22H23N7O. The summed E-state index contributed by atoms with van der Waals surface area (Å²) in [5.74, 6) is 1.44. The van der Waals surface area contributed by atoms with E-state index in [0.717, 1.165) is 53.2 Å². The van der Waals surface area contributed by atoms with Gasteiger partial charge in [-0.2, -0.15) is 10.2 Å². The van der Waals surface area contributed by atoms with Crippen LogP contribution in [-0.2, 0) is 6.54 Å². The summed E-state index contributed by atoms with van der Waals surface area (Å²) >= 11 is 0. The van der Waals surface area contributed by atoms with Gasteiger partial charge in [0.1, 0.15) is 5.82 Å². The molecule has 1 aliphatic heterocycles. The molecule has 30 heavy (non-hydrogen) atoms. The lowest BCUT2D eigenvalue weighted by Crippen LogP contribution is -2.19. The highest BCUT2D eigenvalue weighted by Crippen LogP contribution is 2.30. The summed E-state index contributed by atoms with van der Waals surface area (Å²) in [5, 5.41) is 18.7. The fourth-order valence-corrected chi connectivity index (χ4v) is 3.97. The lowest BCUT2D eigenvalue weighted by molar-refractivity contribution is 0.0963. The minimum absolute atomic E-state index is 0.122. The molecular weight excluding hydrogens is 378 g/mol. The standard InChI is InChI=1S/C22H23N7O/c1-23-22(30)16-6-4-5-14(11-16)20-17-12-15(7-8-18(17)25-27-20)21-24-19(26-28-21)13-29-9-2-3-10-29/h4-8,11-12H,2-3,9-10,13H2,1H3,(H,23,30)(H,25,27)(H,24,26,28). The van der Waals surface area contributed by atoms with Gasteiger partial charge in [0, 0.05) is 29.1 Å². The maximum atomic E-state index is 12.0. The van der Waals surface area contributed by atoms with Gasteiger partial charge in [-0.15, -0.1) is 0 Å². The summed E-state index contributed by atoms with van der Waals surface area (Å²) in [6.07, 6.45) is 2.50. The molecule has 152 valence electrons. The van der Waals surface area contributed by atoms with Gasteiger partial charge in [-0.1, -0.05) is 12.1 Å². The van der Waals surface area contributed by atoms with Crippen LogP contribution in [0.1, 0.15) is 29.0 Å². The first kappa shape index (κ1) is 18.5. The largest absolute Gasteiger partial charge is 0.355 e. The highest BCUT2D eigenvalue weighted by molar-refractivity contribution is 5.98. The van der Waals surface area contributed by atoms with E-state index in [9.17, 15) is 4.79 Å². The van der Waals surface area contributed by atoms with Crippen LogP contribution in [0.4, 0.5) is 0 Å². The average Bonchev–Trinajstić information content (AvgIpc) is 3.54. The van der Waals surface area contributed by atoms with Gasteiger partial charge in [0.2, 0.25) is 0 Å². The quantitative estimate of drug-likeness (QED) is 0.477. The van der Waals surface area contributed by atoms with Gasteiger partial charge in [0.25, 0.3) is 5.91 Å². The van der Waals surface area contributed by atoms with Crippen LogP contribution in [0.5, 0.6) is 0 Å². The third-order valence-electron chi connectivity index (χ3n) is 5.55. The van der Waals surface area contributed by atoms with Crippen molar-refractivity contribution >= 4 is 16.8 Å². The Morgan fingerprint density at radius 1 is 1.07 bits per heavy atom. The Morgan fingerprint density at radius 2 is 1.93 bits per heavy atom. The molecule has 0 spiro atoms. The number of carbonyl (C=O) groups is 1. The first-order chi connectivity index (χ1) is 14.7. The number of hydrogen-bond donors (Lipinski definition) is 3. The number of aromatic amines is 2. The molecule has 2 aromatic heterocycles. The Balaban J connectivity index is 1.48. The van der Waals surface area contributed by atoms with Gasteiger partial charge in [-0.05, 0) is 56.3 Å². The lowest BCUT2D eigenvalue weighted by atomic mass is 10.0. The second kappa shape index (κ2) is 7.72.